The van der Waals surface area contributed by atoms with E-state index in [9.17, 15) is 35.1 Å². The van der Waals surface area contributed by atoms with E-state index in [2.05, 4.69) is 0 Å². The Morgan fingerprint density at radius 1 is 1.00 bits per heavy atom. The zero-order valence-corrected chi connectivity index (χ0v) is 6.39. The molecular formula is C6H4F8. The van der Waals surface area contributed by atoms with Crippen LogP contribution in [-0.4, -0.2) is 12.4 Å². The Kier molecular flexibility index (Phi) is 6.17. The second kappa shape index (κ2) is 5.61. The van der Waals surface area contributed by atoms with Crippen molar-refractivity contribution in [3.8, 4) is 0 Å². The monoisotopic (exact) mass is 228 g/mol. The molecule has 0 fully saturated rings. The molecule has 0 aromatic carbocycles. The minimum absolute atomic E-state index is 0.479. The van der Waals surface area contributed by atoms with Crippen LogP contribution in [0.25, 0.3) is 0 Å². The minimum Gasteiger partial charge on any atom is -0.216 e. The molecule has 0 N–H and O–H groups in total. The summed E-state index contributed by atoms with van der Waals surface area (Å²) in [4.78, 5) is 0. The normalized spacial score (nSPS) is 12.3. The lowest BCUT2D eigenvalue weighted by Gasteiger charge is -1.97. The van der Waals surface area contributed by atoms with Gasteiger partial charge in [-0.05, 0) is 0 Å². The van der Waals surface area contributed by atoms with Crippen LogP contribution < -0.4 is 0 Å². The standard InChI is InChI=1S/2C3H2F4/c1-2(4)3(5,6)7;4-2-1-3(5,6)7/h1H2;1-2H/b;2-1+. The Morgan fingerprint density at radius 3 is 1.29 bits per heavy atom. The Labute approximate surface area is 73.5 Å². The summed E-state index contributed by atoms with van der Waals surface area (Å²) in [5, 5.41) is 0. The first-order valence-electron chi connectivity index (χ1n) is 2.77. The maximum atomic E-state index is 10.9. The van der Waals surface area contributed by atoms with E-state index in [1.807, 2.05) is 6.58 Å². The van der Waals surface area contributed by atoms with Crippen LogP contribution in [0.4, 0.5) is 35.1 Å². The smallest absolute Gasteiger partial charge is 0.216 e. The highest BCUT2D eigenvalue weighted by atomic mass is 19.4. The van der Waals surface area contributed by atoms with Gasteiger partial charge in [0.05, 0.1) is 6.33 Å². The lowest BCUT2D eigenvalue weighted by atomic mass is 10.6. The summed E-state index contributed by atoms with van der Waals surface area (Å²) >= 11 is 0. The number of allylic oxidation sites excluding steroid dienone is 2. The molecule has 0 aliphatic rings. The molecule has 0 aliphatic heterocycles. The zero-order valence-electron chi connectivity index (χ0n) is 6.39. The van der Waals surface area contributed by atoms with E-state index in [-0.39, 0.29) is 0 Å². The predicted octanol–water partition coefficient (Wildman–Crippen LogP) is 4.06. The lowest BCUT2D eigenvalue weighted by Crippen LogP contribution is -2.05. The second-order valence-electron chi connectivity index (χ2n) is 1.74. The SMILES string of the molecule is C=C(F)C(F)(F)F.F/C=C/C(F)(F)F. The second-order valence-corrected chi connectivity index (χ2v) is 1.74. The molecule has 0 saturated heterocycles. The predicted molar refractivity (Wildman–Crippen MR) is 32.6 cm³/mol. The van der Waals surface area contributed by atoms with E-state index in [1.165, 1.54) is 0 Å². The molecule has 0 nitrogen and oxygen atoms in total. The van der Waals surface area contributed by atoms with Crippen molar-refractivity contribution < 1.29 is 35.1 Å². The number of hydrogen-bond donors (Lipinski definition) is 0. The largest absolute Gasteiger partial charge is 0.442 e. The van der Waals surface area contributed by atoms with Gasteiger partial charge in [0.1, 0.15) is 0 Å². The Bertz CT molecular complexity index is 195. The fourth-order valence-electron chi connectivity index (χ4n) is 0.0714. The molecule has 0 heterocycles. The molecule has 84 valence electrons. The van der Waals surface area contributed by atoms with Gasteiger partial charge in [-0.15, -0.1) is 0 Å². The maximum Gasteiger partial charge on any atom is 0.442 e. The summed E-state index contributed by atoms with van der Waals surface area (Å²) in [5.74, 6) is -2.26. The summed E-state index contributed by atoms with van der Waals surface area (Å²) in [7, 11) is 0. The third-order valence-electron chi connectivity index (χ3n) is 0.560. The quantitative estimate of drug-likeness (QED) is 0.548. The van der Waals surface area contributed by atoms with E-state index in [1.54, 1.807) is 0 Å². The van der Waals surface area contributed by atoms with Crippen LogP contribution in [0.3, 0.4) is 0 Å². The van der Waals surface area contributed by atoms with Gasteiger partial charge in [0.15, 0.2) is 5.83 Å². The van der Waals surface area contributed by atoms with E-state index in [0.717, 1.165) is 0 Å². The number of hydrogen-bond acceptors (Lipinski definition) is 0. The fourth-order valence-corrected chi connectivity index (χ4v) is 0.0714. The van der Waals surface area contributed by atoms with Crippen molar-refractivity contribution in [2.45, 2.75) is 12.4 Å². The first kappa shape index (κ1) is 15.4. The lowest BCUT2D eigenvalue weighted by molar-refractivity contribution is -0.108. The number of alkyl halides is 6. The molecule has 0 aromatic heterocycles. The average Bonchev–Trinajstić information content (AvgIpc) is 1.82. The van der Waals surface area contributed by atoms with Gasteiger partial charge in [-0.2, -0.15) is 26.3 Å². The van der Waals surface area contributed by atoms with Crippen molar-refractivity contribution in [2.75, 3.05) is 0 Å². The van der Waals surface area contributed by atoms with Gasteiger partial charge in [0.25, 0.3) is 0 Å². The molecule has 0 spiro atoms. The average molecular weight is 228 g/mol. The first-order chi connectivity index (χ1) is 6.00. The molecule has 0 saturated carbocycles. The topological polar surface area (TPSA) is 0 Å². The van der Waals surface area contributed by atoms with Crippen LogP contribution in [-0.2, 0) is 0 Å². The van der Waals surface area contributed by atoms with Crippen LogP contribution in [0.2, 0.25) is 0 Å². The molecule has 0 atom stereocenters. The summed E-state index contributed by atoms with van der Waals surface area (Å²) < 4.78 is 85.8. The highest BCUT2D eigenvalue weighted by Crippen LogP contribution is 2.23. The van der Waals surface area contributed by atoms with Gasteiger partial charge in [-0.3, -0.25) is 0 Å². The van der Waals surface area contributed by atoms with Gasteiger partial charge in [-0.1, -0.05) is 6.58 Å². The summed E-state index contributed by atoms with van der Waals surface area (Å²) in [6.07, 6.45) is -10.4. The minimum atomic E-state index is -4.86. The van der Waals surface area contributed by atoms with Crippen LogP contribution in [0.1, 0.15) is 0 Å². The van der Waals surface area contributed by atoms with Crippen LogP contribution in [0.5, 0.6) is 0 Å². The van der Waals surface area contributed by atoms with Crippen molar-refractivity contribution in [1.82, 2.24) is 0 Å². The molecule has 0 amide bonds. The zero-order chi connectivity index (χ0) is 12.0. The molecule has 0 bridgehead atoms. The third kappa shape index (κ3) is 13.5. The summed E-state index contributed by atoms with van der Waals surface area (Å²) in [6, 6.07) is 0. The molecule has 14 heavy (non-hydrogen) atoms. The van der Waals surface area contributed by atoms with Crippen LogP contribution >= 0.6 is 0 Å². The first-order valence-corrected chi connectivity index (χ1v) is 2.77. The van der Waals surface area contributed by atoms with Crippen molar-refractivity contribution in [3.63, 3.8) is 0 Å². The number of rotatable bonds is 0. The van der Waals surface area contributed by atoms with E-state index < -0.39 is 30.6 Å². The van der Waals surface area contributed by atoms with Gasteiger partial charge in [0, 0.05) is 6.08 Å². The molecular weight excluding hydrogens is 224 g/mol. The molecule has 0 aliphatic carbocycles. The highest BCUT2D eigenvalue weighted by molar-refractivity contribution is 4.88. The van der Waals surface area contributed by atoms with Gasteiger partial charge in [0.2, 0.25) is 0 Å². The van der Waals surface area contributed by atoms with Crippen molar-refractivity contribution in [2.24, 2.45) is 0 Å². The molecule has 0 aromatic rings. The Morgan fingerprint density at radius 2 is 1.29 bits per heavy atom. The fraction of sp³-hybridized carbons (Fsp3) is 0.333. The Hall–Kier alpha value is -1.08. The maximum absolute atomic E-state index is 10.9. The molecule has 0 unspecified atom stereocenters. The number of halogens is 8. The highest BCUT2D eigenvalue weighted by Gasteiger charge is 2.32. The van der Waals surface area contributed by atoms with E-state index >= 15 is 0 Å². The van der Waals surface area contributed by atoms with E-state index in [0.29, 0.717) is 0 Å². The molecule has 0 radical (unpaired) electrons. The molecule has 0 rings (SSSR count). The van der Waals surface area contributed by atoms with E-state index in [4.69, 9.17) is 0 Å². The van der Waals surface area contributed by atoms with Gasteiger partial charge in [-0.25, -0.2) is 8.78 Å². The summed E-state index contributed by atoms with van der Waals surface area (Å²) in [6.45, 7) is 2.03. The summed E-state index contributed by atoms with van der Waals surface area (Å²) in [5.41, 5.74) is 0. The van der Waals surface area contributed by atoms with Gasteiger partial charge >= 0.3 is 12.4 Å². The molecule has 8 heteroatoms. The van der Waals surface area contributed by atoms with Crippen molar-refractivity contribution in [3.05, 3.63) is 24.8 Å². The van der Waals surface area contributed by atoms with Crippen LogP contribution in [0, 0.1) is 0 Å². The van der Waals surface area contributed by atoms with Crippen LogP contribution in [0.15, 0.2) is 24.8 Å². The van der Waals surface area contributed by atoms with Crippen molar-refractivity contribution in [1.29, 1.82) is 0 Å². The van der Waals surface area contributed by atoms with Gasteiger partial charge < -0.3 is 0 Å². The third-order valence-corrected chi connectivity index (χ3v) is 0.560. The van der Waals surface area contributed by atoms with Crippen molar-refractivity contribution >= 4 is 0 Å². The Balaban J connectivity index is 0.